The van der Waals surface area contributed by atoms with Crippen LogP contribution in [0.4, 0.5) is 5.69 Å². The predicted molar refractivity (Wildman–Crippen MR) is 94.3 cm³/mol. The third-order valence-electron chi connectivity index (χ3n) is 3.43. The van der Waals surface area contributed by atoms with Gasteiger partial charge in [0.15, 0.2) is 0 Å². The van der Waals surface area contributed by atoms with Crippen molar-refractivity contribution in [2.75, 3.05) is 4.72 Å². The zero-order chi connectivity index (χ0) is 17.2. The van der Waals surface area contributed by atoms with Crippen molar-refractivity contribution in [3.05, 3.63) is 65.2 Å². The van der Waals surface area contributed by atoms with Gasteiger partial charge in [-0.3, -0.25) is 9.71 Å². The Kier molecular flexibility index (Phi) is 4.34. The Morgan fingerprint density at radius 1 is 1.21 bits per heavy atom. The van der Waals surface area contributed by atoms with Crippen LogP contribution in [0.3, 0.4) is 0 Å². The number of hydrogen-bond donors (Lipinski definition) is 1. The molecule has 0 aliphatic carbocycles. The fourth-order valence-electron chi connectivity index (χ4n) is 2.13. The molecule has 3 rings (SSSR count). The molecule has 1 N–H and O–H groups in total. The average Bonchev–Trinajstić information content (AvgIpc) is 3.12. The van der Waals surface area contributed by atoms with E-state index in [4.69, 9.17) is 5.26 Å². The molecule has 0 spiro atoms. The quantitative estimate of drug-likeness (QED) is 0.772. The van der Waals surface area contributed by atoms with E-state index in [1.54, 1.807) is 35.7 Å². The van der Waals surface area contributed by atoms with Crippen LogP contribution in [0.25, 0.3) is 11.3 Å². The second-order valence-electron chi connectivity index (χ2n) is 5.11. The SMILES string of the molecule is Cc1ccc(-c2ccc(C#N)cn2)cc1NS(=O)(=O)c1cccs1. The molecule has 5 nitrogen and oxygen atoms in total. The van der Waals surface area contributed by atoms with Crippen LogP contribution in [0.15, 0.2) is 58.3 Å². The fraction of sp³-hybridized carbons (Fsp3) is 0.0588. The largest absolute Gasteiger partial charge is 0.279 e. The van der Waals surface area contributed by atoms with Gasteiger partial charge in [-0.15, -0.1) is 11.3 Å². The number of aromatic nitrogens is 1. The van der Waals surface area contributed by atoms with Crippen molar-refractivity contribution in [1.29, 1.82) is 5.26 Å². The van der Waals surface area contributed by atoms with E-state index in [-0.39, 0.29) is 4.21 Å². The Morgan fingerprint density at radius 3 is 2.67 bits per heavy atom. The van der Waals surface area contributed by atoms with Gasteiger partial charge in [0.1, 0.15) is 10.3 Å². The summed E-state index contributed by atoms with van der Waals surface area (Å²) in [6.07, 6.45) is 1.49. The van der Waals surface area contributed by atoms with Gasteiger partial charge in [-0.25, -0.2) is 8.42 Å². The molecule has 0 fully saturated rings. The van der Waals surface area contributed by atoms with Crippen LogP contribution in [0.1, 0.15) is 11.1 Å². The van der Waals surface area contributed by atoms with Crippen molar-refractivity contribution in [2.24, 2.45) is 0 Å². The number of thiophene rings is 1. The van der Waals surface area contributed by atoms with Crippen molar-refractivity contribution in [2.45, 2.75) is 11.1 Å². The molecule has 0 saturated carbocycles. The molecule has 0 unspecified atom stereocenters. The molecule has 0 radical (unpaired) electrons. The Bertz CT molecular complexity index is 1000. The Balaban J connectivity index is 1.96. The highest BCUT2D eigenvalue weighted by atomic mass is 32.2. The Morgan fingerprint density at radius 2 is 2.04 bits per heavy atom. The number of pyridine rings is 1. The molecule has 7 heteroatoms. The van der Waals surface area contributed by atoms with Gasteiger partial charge < -0.3 is 0 Å². The van der Waals surface area contributed by atoms with Gasteiger partial charge in [0.2, 0.25) is 0 Å². The molecule has 0 atom stereocenters. The molecule has 2 heterocycles. The van der Waals surface area contributed by atoms with Crippen LogP contribution < -0.4 is 4.72 Å². The van der Waals surface area contributed by atoms with Crippen molar-refractivity contribution in [3.63, 3.8) is 0 Å². The van der Waals surface area contributed by atoms with Crippen LogP contribution >= 0.6 is 11.3 Å². The van der Waals surface area contributed by atoms with E-state index in [2.05, 4.69) is 9.71 Å². The highest BCUT2D eigenvalue weighted by Crippen LogP contribution is 2.27. The van der Waals surface area contributed by atoms with Gasteiger partial charge in [-0.05, 0) is 42.1 Å². The van der Waals surface area contributed by atoms with Gasteiger partial charge in [0.05, 0.1) is 16.9 Å². The minimum atomic E-state index is -3.60. The number of aryl methyl sites for hydroxylation is 1. The van der Waals surface area contributed by atoms with Crippen molar-refractivity contribution in [3.8, 4) is 17.3 Å². The monoisotopic (exact) mass is 355 g/mol. The van der Waals surface area contributed by atoms with Gasteiger partial charge in [0, 0.05) is 11.8 Å². The molecule has 1 aromatic carbocycles. The maximum atomic E-state index is 12.4. The van der Waals surface area contributed by atoms with E-state index < -0.39 is 10.0 Å². The first-order valence-corrected chi connectivity index (χ1v) is 9.39. The van der Waals surface area contributed by atoms with Gasteiger partial charge >= 0.3 is 0 Å². The van der Waals surface area contributed by atoms with Crippen LogP contribution in [0.5, 0.6) is 0 Å². The number of nitriles is 1. The summed E-state index contributed by atoms with van der Waals surface area (Å²) in [7, 11) is -3.60. The molecule has 0 amide bonds. The second-order valence-corrected chi connectivity index (χ2v) is 7.97. The summed E-state index contributed by atoms with van der Waals surface area (Å²) < 4.78 is 27.7. The van der Waals surface area contributed by atoms with Crippen LogP contribution in [-0.2, 0) is 10.0 Å². The van der Waals surface area contributed by atoms with Crippen LogP contribution in [0.2, 0.25) is 0 Å². The minimum Gasteiger partial charge on any atom is -0.279 e. The molecular formula is C17H13N3O2S2. The standard InChI is InChI=1S/C17H13N3O2S2/c1-12-4-6-14(15-7-5-13(10-18)11-19-15)9-16(12)20-24(21,22)17-3-2-8-23-17/h2-9,11,20H,1H3. The van der Waals surface area contributed by atoms with E-state index >= 15 is 0 Å². The maximum Gasteiger partial charge on any atom is 0.271 e. The Hall–Kier alpha value is -2.69. The molecule has 0 bridgehead atoms. The summed E-state index contributed by atoms with van der Waals surface area (Å²) >= 11 is 1.17. The second kappa shape index (κ2) is 6.43. The number of nitrogens with one attached hydrogen (secondary N) is 1. The topological polar surface area (TPSA) is 82.8 Å². The zero-order valence-electron chi connectivity index (χ0n) is 12.7. The van der Waals surface area contributed by atoms with Crippen LogP contribution in [-0.4, -0.2) is 13.4 Å². The first kappa shape index (κ1) is 16.2. The number of benzene rings is 1. The zero-order valence-corrected chi connectivity index (χ0v) is 14.4. The lowest BCUT2D eigenvalue weighted by Crippen LogP contribution is -2.12. The number of rotatable bonds is 4. The normalized spacial score (nSPS) is 11.0. The minimum absolute atomic E-state index is 0.267. The predicted octanol–water partition coefficient (Wildman–Crippen LogP) is 3.79. The van der Waals surface area contributed by atoms with Crippen molar-refractivity contribution >= 4 is 27.0 Å². The van der Waals surface area contributed by atoms with Gasteiger partial charge in [-0.1, -0.05) is 18.2 Å². The molecule has 0 saturated heterocycles. The van der Waals surface area contributed by atoms with Crippen LogP contribution in [0, 0.1) is 18.3 Å². The van der Waals surface area contributed by atoms with Crippen molar-refractivity contribution in [1.82, 2.24) is 4.98 Å². The van der Waals surface area contributed by atoms with E-state index in [1.807, 2.05) is 25.1 Å². The summed E-state index contributed by atoms with van der Waals surface area (Å²) in [4.78, 5) is 4.24. The molecule has 24 heavy (non-hydrogen) atoms. The first-order chi connectivity index (χ1) is 11.5. The lowest BCUT2D eigenvalue weighted by molar-refractivity contribution is 0.603. The Labute approximate surface area is 144 Å². The fourth-order valence-corrected chi connectivity index (χ4v) is 4.25. The highest BCUT2D eigenvalue weighted by Gasteiger charge is 2.16. The number of sulfonamides is 1. The summed E-state index contributed by atoms with van der Waals surface area (Å²) in [5, 5.41) is 10.6. The van der Waals surface area contributed by atoms with E-state index in [0.717, 1.165) is 11.1 Å². The van der Waals surface area contributed by atoms with Gasteiger partial charge in [0.25, 0.3) is 10.0 Å². The molecule has 3 aromatic rings. The van der Waals surface area contributed by atoms with E-state index in [9.17, 15) is 8.42 Å². The third-order valence-corrected chi connectivity index (χ3v) is 6.19. The molecule has 0 aliphatic rings. The van der Waals surface area contributed by atoms with Crippen molar-refractivity contribution < 1.29 is 8.42 Å². The first-order valence-electron chi connectivity index (χ1n) is 7.03. The van der Waals surface area contributed by atoms with E-state index in [0.29, 0.717) is 16.9 Å². The number of hydrogen-bond acceptors (Lipinski definition) is 5. The maximum absolute atomic E-state index is 12.4. The summed E-state index contributed by atoms with van der Waals surface area (Å²) in [5.74, 6) is 0. The smallest absolute Gasteiger partial charge is 0.271 e. The number of anilines is 1. The van der Waals surface area contributed by atoms with Gasteiger partial charge in [-0.2, -0.15) is 5.26 Å². The lowest BCUT2D eigenvalue weighted by Gasteiger charge is -2.11. The lowest BCUT2D eigenvalue weighted by atomic mass is 10.1. The summed E-state index contributed by atoms with van der Waals surface area (Å²) in [6, 6.07) is 14.1. The third kappa shape index (κ3) is 3.30. The highest BCUT2D eigenvalue weighted by molar-refractivity contribution is 7.94. The molecule has 0 aliphatic heterocycles. The summed E-state index contributed by atoms with van der Waals surface area (Å²) in [5.41, 5.74) is 3.24. The molecular weight excluding hydrogens is 342 g/mol. The molecule has 120 valence electrons. The molecule has 2 aromatic heterocycles. The average molecular weight is 355 g/mol. The van der Waals surface area contributed by atoms with E-state index in [1.165, 1.54) is 17.5 Å². The summed E-state index contributed by atoms with van der Waals surface area (Å²) in [6.45, 7) is 1.84. The number of nitrogens with zero attached hydrogens (tertiary/aromatic N) is 2.